The van der Waals surface area contributed by atoms with Gasteiger partial charge in [-0.25, -0.2) is 0 Å². The Bertz CT molecular complexity index is 148. The van der Waals surface area contributed by atoms with Crippen LogP contribution in [0.4, 0.5) is 0 Å². The van der Waals surface area contributed by atoms with Crippen LogP contribution in [-0.2, 0) is 4.79 Å². The summed E-state index contributed by atoms with van der Waals surface area (Å²) >= 11 is 0. The lowest BCUT2D eigenvalue weighted by Gasteiger charge is -2.30. The van der Waals surface area contributed by atoms with Crippen LogP contribution in [0.3, 0.4) is 0 Å². The van der Waals surface area contributed by atoms with Crippen LogP contribution < -0.4 is 5.73 Å². The average molecular weight is 157 g/mol. The monoisotopic (exact) mass is 157 g/mol. The molecule has 0 heterocycles. The van der Waals surface area contributed by atoms with Gasteiger partial charge in [-0.15, -0.1) is 0 Å². The van der Waals surface area contributed by atoms with Crippen molar-refractivity contribution in [1.29, 1.82) is 0 Å². The summed E-state index contributed by atoms with van der Waals surface area (Å²) < 4.78 is 0. The van der Waals surface area contributed by atoms with Crippen molar-refractivity contribution in [2.24, 2.45) is 17.6 Å². The minimum absolute atomic E-state index is 0.128. The van der Waals surface area contributed by atoms with E-state index >= 15 is 0 Å². The van der Waals surface area contributed by atoms with Crippen LogP contribution in [0.15, 0.2) is 0 Å². The SMILES string of the molecule is CC1CCCC(N)[C@H]1C(=O)O. The Morgan fingerprint density at radius 3 is 2.55 bits per heavy atom. The van der Waals surface area contributed by atoms with Gasteiger partial charge in [-0.05, 0) is 18.8 Å². The molecule has 0 aromatic heterocycles. The van der Waals surface area contributed by atoms with Gasteiger partial charge < -0.3 is 10.8 Å². The molecule has 0 bridgehead atoms. The van der Waals surface area contributed by atoms with E-state index in [-0.39, 0.29) is 17.9 Å². The minimum Gasteiger partial charge on any atom is -0.481 e. The van der Waals surface area contributed by atoms with Gasteiger partial charge >= 0.3 is 5.97 Å². The molecule has 0 aromatic carbocycles. The topological polar surface area (TPSA) is 63.3 Å². The average Bonchev–Trinajstić information content (AvgIpc) is 1.85. The lowest BCUT2D eigenvalue weighted by Crippen LogP contribution is -2.42. The number of carboxylic acid groups (broad SMARTS) is 1. The second kappa shape index (κ2) is 3.22. The third kappa shape index (κ3) is 1.71. The summed E-state index contributed by atoms with van der Waals surface area (Å²) in [6.45, 7) is 1.97. The van der Waals surface area contributed by atoms with Gasteiger partial charge in [0.15, 0.2) is 0 Å². The molecule has 3 atom stereocenters. The zero-order valence-corrected chi connectivity index (χ0v) is 6.79. The van der Waals surface area contributed by atoms with Crippen LogP contribution in [0.2, 0.25) is 0 Å². The summed E-state index contributed by atoms with van der Waals surface area (Å²) in [5.41, 5.74) is 5.69. The highest BCUT2D eigenvalue weighted by Gasteiger charge is 2.33. The standard InChI is InChI=1S/C8H15NO2/c1-5-3-2-4-6(9)7(5)8(10)11/h5-7H,2-4,9H2,1H3,(H,10,11)/t5?,6?,7-/m0/s1. The zero-order valence-electron chi connectivity index (χ0n) is 6.79. The summed E-state index contributed by atoms with van der Waals surface area (Å²) in [5, 5.41) is 8.80. The van der Waals surface area contributed by atoms with Crippen LogP contribution in [0.5, 0.6) is 0 Å². The molecule has 0 radical (unpaired) electrons. The predicted molar refractivity (Wildman–Crippen MR) is 42.1 cm³/mol. The molecular weight excluding hydrogens is 142 g/mol. The lowest BCUT2D eigenvalue weighted by atomic mass is 9.77. The van der Waals surface area contributed by atoms with Crippen LogP contribution in [0, 0.1) is 11.8 Å². The van der Waals surface area contributed by atoms with Crippen molar-refractivity contribution in [3.8, 4) is 0 Å². The first-order valence-electron chi connectivity index (χ1n) is 4.11. The van der Waals surface area contributed by atoms with Crippen molar-refractivity contribution < 1.29 is 9.90 Å². The molecule has 1 aliphatic carbocycles. The maximum atomic E-state index is 10.7. The fourth-order valence-electron chi connectivity index (χ4n) is 1.88. The fraction of sp³-hybridized carbons (Fsp3) is 0.875. The Hall–Kier alpha value is -0.570. The third-order valence-electron chi connectivity index (χ3n) is 2.56. The van der Waals surface area contributed by atoms with Gasteiger partial charge in [-0.2, -0.15) is 0 Å². The quantitative estimate of drug-likeness (QED) is 0.592. The van der Waals surface area contributed by atoms with Gasteiger partial charge in [0.25, 0.3) is 0 Å². The van der Waals surface area contributed by atoms with Crippen LogP contribution in [0.25, 0.3) is 0 Å². The molecule has 0 spiro atoms. The molecule has 0 amide bonds. The fourth-order valence-corrected chi connectivity index (χ4v) is 1.88. The molecule has 0 aromatic rings. The Kier molecular flexibility index (Phi) is 2.49. The van der Waals surface area contributed by atoms with E-state index in [0.29, 0.717) is 0 Å². The van der Waals surface area contributed by atoms with Crippen molar-refractivity contribution in [3.63, 3.8) is 0 Å². The van der Waals surface area contributed by atoms with Crippen molar-refractivity contribution in [2.75, 3.05) is 0 Å². The Morgan fingerprint density at radius 1 is 1.55 bits per heavy atom. The van der Waals surface area contributed by atoms with Gasteiger partial charge in [-0.3, -0.25) is 4.79 Å². The van der Waals surface area contributed by atoms with Gasteiger partial charge in [-0.1, -0.05) is 13.3 Å². The molecule has 0 aliphatic heterocycles. The number of hydrogen-bond acceptors (Lipinski definition) is 2. The summed E-state index contributed by atoms with van der Waals surface area (Å²) in [4.78, 5) is 10.7. The van der Waals surface area contributed by atoms with Crippen molar-refractivity contribution in [3.05, 3.63) is 0 Å². The smallest absolute Gasteiger partial charge is 0.308 e. The number of aliphatic carboxylic acids is 1. The van der Waals surface area contributed by atoms with Crippen LogP contribution in [-0.4, -0.2) is 17.1 Å². The van der Waals surface area contributed by atoms with Gasteiger partial charge in [0.1, 0.15) is 0 Å². The largest absolute Gasteiger partial charge is 0.481 e. The summed E-state index contributed by atoms with van der Waals surface area (Å²) in [5.74, 6) is -0.801. The first kappa shape index (κ1) is 8.53. The highest BCUT2D eigenvalue weighted by atomic mass is 16.4. The number of rotatable bonds is 1. The highest BCUT2D eigenvalue weighted by Crippen LogP contribution is 2.28. The number of nitrogens with two attached hydrogens (primary N) is 1. The van der Waals surface area contributed by atoms with E-state index in [1.54, 1.807) is 0 Å². The molecule has 1 aliphatic rings. The molecular formula is C8H15NO2. The Morgan fingerprint density at radius 2 is 2.18 bits per heavy atom. The molecule has 3 heteroatoms. The molecule has 64 valence electrons. The summed E-state index contributed by atoms with van der Waals surface area (Å²) in [6, 6.07) is -0.128. The van der Waals surface area contributed by atoms with Gasteiger partial charge in [0.2, 0.25) is 0 Å². The van der Waals surface area contributed by atoms with E-state index in [2.05, 4.69) is 0 Å². The van der Waals surface area contributed by atoms with Crippen molar-refractivity contribution >= 4 is 5.97 Å². The van der Waals surface area contributed by atoms with E-state index in [4.69, 9.17) is 10.8 Å². The first-order chi connectivity index (χ1) is 5.13. The molecule has 1 saturated carbocycles. The summed E-state index contributed by atoms with van der Waals surface area (Å²) in [6.07, 6.45) is 2.94. The number of hydrogen-bond donors (Lipinski definition) is 2. The van der Waals surface area contributed by atoms with E-state index in [1.165, 1.54) is 0 Å². The minimum atomic E-state index is -0.732. The van der Waals surface area contributed by atoms with Crippen LogP contribution >= 0.6 is 0 Å². The maximum Gasteiger partial charge on any atom is 0.308 e. The molecule has 0 saturated heterocycles. The second-order valence-electron chi connectivity index (χ2n) is 3.44. The third-order valence-corrected chi connectivity index (χ3v) is 2.56. The maximum absolute atomic E-state index is 10.7. The normalized spacial score (nSPS) is 38.5. The van der Waals surface area contributed by atoms with Crippen molar-refractivity contribution in [2.45, 2.75) is 32.2 Å². The summed E-state index contributed by atoms with van der Waals surface area (Å²) in [7, 11) is 0. The lowest BCUT2D eigenvalue weighted by molar-refractivity contribution is -0.145. The number of carbonyl (C=O) groups is 1. The van der Waals surface area contributed by atoms with Gasteiger partial charge in [0.05, 0.1) is 5.92 Å². The molecule has 1 rings (SSSR count). The molecule has 1 fully saturated rings. The predicted octanol–water partition coefficient (Wildman–Crippen LogP) is 0.834. The van der Waals surface area contributed by atoms with E-state index < -0.39 is 5.97 Å². The van der Waals surface area contributed by atoms with Crippen LogP contribution in [0.1, 0.15) is 26.2 Å². The highest BCUT2D eigenvalue weighted by molar-refractivity contribution is 5.71. The van der Waals surface area contributed by atoms with Gasteiger partial charge in [0, 0.05) is 6.04 Å². The molecule has 3 N–H and O–H groups in total. The molecule has 3 nitrogen and oxygen atoms in total. The number of carboxylic acids is 1. The van der Waals surface area contributed by atoms with E-state index in [9.17, 15) is 4.79 Å². The molecule has 11 heavy (non-hydrogen) atoms. The van der Waals surface area contributed by atoms with E-state index in [1.807, 2.05) is 6.92 Å². The Labute approximate surface area is 66.6 Å². The molecule has 2 unspecified atom stereocenters. The van der Waals surface area contributed by atoms with E-state index in [0.717, 1.165) is 19.3 Å². The Balaban J connectivity index is 2.62. The zero-order chi connectivity index (χ0) is 8.43. The second-order valence-corrected chi connectivity index (χ2v) is 3.44. The van der Waals surface area contributed by atoms with Crippen molar-refractivity contribution in [1.82, 2.24) is 0 Å². The first-order valence-corrected chi connectivity index (χ1v) is 4.11.